The molecular formula is C21H26N2O3S. The fourth-order valence-corrected chi connectivity index (χ4v) is 4.16. The second kappa shape index (κ2) is 8.57. The molecule has 1 unspecified atom stereocenters. The number of hydrogen-bond donors (Lipinski definition) is 0. The Morgan fingerprint density at radius 2 is 1.85 bits per heavy atom. The van der Waals surface area contributed by atoms with Gasteiger partial charge in [0.15, 0.2) is 0 Å². The van der Waals surface area contributed by atoms with E-state index < -0.39 is 0 Å². The summed E-state index contributed by atoms with van der Waals surface area (Å²) < 4.78 is 5.20. The molecular weight excluding hydrogens is 360 g/mol. The zero-order valence-electron chi connectivity index (χ0n) is 16.1. The van der Waals surface area contributed by atoms with Crippen molar-refractivity contribution in [3.05, 3.63) is 52.2 Å². The molecule has 0 aliphatic carbocycles. The molecule has 1 aliphatic rings. The maximum absolute atomic E-state index is 12.9. The molecule has 1 aromatic carbocycles. The van der Waals surface area contributed by atoms with Gasteiger partial charge in [0.1, 0.15) is 5.75 Å². The molecule has 2 aromatic rings. The van der Waals surface area contributed by atoms with E-state index in [9.17, 15) is 9.59 Å². The Kier molecular flexibility index (Phi) is 6.16. The number of methoxy groups -OCH3 is 1. The quantitative estimate of drug-likeness (QED) is 0.785. The first-order valence-electron chi connectivity index (χ1n) is 9.24. The Morgan fingerprint density at radius 3 is 2.41 bits per heavy atom. The van der Waals surface area contributed by atoms with Crippen LogP contribution in [-0.4, -0.2) is 48.9 Å². The summed E-state index contributed by atoms with van der Waals surface area (Å²) in [5, 5.41) is 1.92. The van der Waals surface area contributed by atoms with Crippen LogP contribution < -0.4 is 4.74 Å². The number of likely N-dealkylation sites (tertiary alicyclic amines) is 1. The first kappa shape index (κ1) is 19.4. The zero-order valence-corrected chi connectivity index (χ0v) is 16.9. The molecule has 1 aliphatic heterocycles. The summed E-state index contributed by atoms with van der Waals surface area (Å²) in [4.78, 5) is 29.8. The maximum atomic E-state index is 12.9. The van der Waals surface area contributed by atoms with E-state index in [0.717, 1.165) is 29.0 Å². The number of ether oxygens (including phenoxy) is 1. The van der Waals surface area contributed by atoms with E-state index in [1.165, 1.54) is 11.3 Å². The molecule has 1 aromatic heterocycles. The van der Waals surface area contributed by atoms with Gasteiger partial charge in [-0.25, -0.2) is 0 Å². The van der Waals surface area contributed by atoms with E-state index >= 15 is 0 Å². The second-order valence-electron chi connectivity index (χ2n) is 6.94. The highest BCUT2D eigenvalue weighted by Crippen LogP contribution is 2.27. The van der Waals surface area contributed by atoms with E-state index in [-0.39, 0.29) is 23.8 Å². The van der Waals surface area contributed by atoms with Crippen molar-refractivity contribution in [1.29, 1.82) is 0 Å². The Labute approximate surface area is 164 Å². The summed E-state index contributed by atoms with van der Waals surface area (Å²) in [6, 6.07) is 11.6. The lowest BCUT2D eigenvalue weighted by molar-refractivity contribution is -0.137. The third-order valence-electron chi connectivity index (χ3n) is 5.39. The molecule has 0 saturated carbocycles. The van der Waals surface area contributed by atoms with Crippen LogP contribution in [0.25, 0.3) is 0 Å². The standard InChI is InChI=1S/C21H26N2O3S/c1-15(16-6-8-18(26-3)9-7-16)22(2)20(24)17-10-12-23(13-11-17)21(25)19-5-4-14-27-19/h4-9,14-15,17H,10-13H2,1-3H3. The molecule has 0 N–H and O–H groups in total. The van der Waals surface area contributed by atoms with E-state index in [0.29, 0.717) is 13.1 Å². The van der Waals surface area contributed by atoms with Crippen molar-refractivity contribution in [3.8, 4) is 5.75 Å². The number of nitrogens with zero attached hydrogens (tertiary/aromatic N) is 2. The van der Waals surface area contributed by atoms with Crippen LogP contribution in [0, 0.1) is 5.92 Å². The van der Waals surface area contributed by atoms with Gasteiger partial charge in [-0.1, -0.05) is 18.2 Å². The predicted octanol–water partition coefficient (Wildman–Crippen LogP) is 3.83. The number of amides is 2. The average molecular weight is 387 g/mol. The number of thiophene rings is 1. The fourth-order valence-electron chi connectivity index (χ4n) is 3.47. The van der Waals surface area contributed by atoms with Gasteiger partial charge in [0, 0.05) is 26.1 Å². The van der Waals surface area contributed by atoms with Crippen LogP contribution in [0.1, 0.15) is 41.0 Å². The fraction of sp³-hybridized carbons (Fsp3) is 0.429. The lowest BCUT2D eigenvalue weighted by Crippen LogP contribution is -2.43. The summed E-state index contributed by atoms with van der Waals surface area (Å²) in [5.74, 6) is 1.02. The number of rotatable bonds is 5. The SMILES string of the molecule is COc1ccc(C(C)N(C)C(=O)C2CCN(C(=O)c3cccs3)CC2)cc1. The molecule has 0 radical (unpaired) electrons. The molecule has 0 bridgehead atoms. The van der Waals surface area contributed by atoms with Crippen LogP contribution in [0.4, 0.5) is 0 Å². The Bertz CT molecular complexity index is 765. The number of piperidine rings is 1. The number of hydrogen-bond acceptors (Lipinski definition) is 4. The highest BCUT2D eigenvalue weighted by atomic mass is 32.1. The van der Waals surface area contributed by atoms with Gasteiger partial charge in [0.2, 0.25) is 5.91 Å². The average Bonchev–Trinajstić information content (AvgIpc) is 3.26. The lowest BCUT2D eigenvalue weighted by atomic mass is 9.94. The molecule has 5 nitrogen and oxygen atoms in total. The van der Waals surface area contributed by atoms with Crippen LogP contribution in [0.15, 0.2) is 41.8 Å². The monoisotopic (exact) mass is 386 g/mol. The Hall–Kier alpha value is -2.34. The van der Waals surface area contributed by atoms with Crippen molar-refractivity contribution < 1.29 is 14.3 Å². The van der Waals surface area contributed by atoms with Crippen molar-refractivity contribution in [2.75, 3.05) is 27.2 Å². The van der Waals surface area contributed by atoms with Crippen molar-refractivity contribution in [3.63, 3.8) is 0 Å². The van der Waals surface area contributed by atoms with Crippen molar-refractivity contribution >= 4 is 23.2 Å². The van der Waals surface area contributed by atoms with Gasteiger partial charge in [0.25, 0.3) is 5.91 Å². The zero-order chi connectivity index (χ0) is 19.4. The minimum absolute atomic E-state index is 0.00538. The van der Waals surface area contributed by atoms with Crippen molar-refractivity contribution in [2.24, 2.45) is 5.92 Å². The minimum atomic E-state index is -0.0249. The third-order valence-corrected chi connectivity index (χ3v) is 6.25. The molecule has 3 rings (SSSR count). The highest BCUT2D eigenvalue weighted by Gasteiger charge is 2.31. The van der Waals surface area contributed by atoms with E-state index in [2.05, 4.69) is 0 Å². The van der Waals surface area contributed by atoms with Gasteiger partial charge in [-0.05, 0) is 48.9 Å². The summed E-state index contributed by atoms with van der Waals surface area (Å²) in [5.41, 5.74) is 1.08. The number of carbonyl (C=O) groups excluding carboxylic acids is 2. The topological polar surface area (TPSA) is 49.9 Å². The van der Waals surface area contributed by atoms with Crippen LogP contribution >= 0.6 is 11.3 Å². The Morgan fingerprint density at radius 1 is 1.19 bits per heavy atom. The van der Waals surface area contributed by atoms with Crippen LogP contribution in [0.5, 0.6) is 5.75 Å². The summed E-state index contributed by atoms with van der Waals surface area (Å²) in [6.07, 6.45) is 1.44. The highest BCUT2D eigenvalue weighted by molar-refractivity contribution is 7.12. The largest absolute Gasteiger partial charge is 0.497 e. The molecule has 1 saturated heterocycles. The Balaban J connectivity index is 1.57. The first-order valence-corrected chi connectivity index (χ1v) is 10.1. The smallest absolute Gasteiger partial charge is 0.263 e. The molecule has 2 heterocycles. The third kappa shape index (κ3) is 4.33. The van der Waals surface area contributed by atoms with Crippen LogP contribution in [0.2, 0.25) is 0 Å². The number of carbonyl (C=O) groups is 2. The molecule has 0 spiro atoms. The maximum Gasteiger partial charge on any atom is 0.263 e. The lowest BCUT2D eigenvalue weighted by Gasteiger charge is -2.35. The minimum Gasteiger partial charge on any atom is -0.497 e. The predicted molar refractivity (Wildman–Crippen MR) is 107 cm³/mol. The van der Waals surface area contributed by atoms with Crippen molar-refractivity contribution in [1.82, 2.24) is 9.80 Å². The van der Waals surface area contributed by atoms with Gasteiger partial charge >= 0.3 is 0 Å². The first-order chi connectivity index (χ1) is 13.0. The molecule has 1 fully saturated rings. The normalized spacial score (nSPS) is 16.0. The molecule has 6 heteroatoms. The van der Waals surface area contributed by atoms with Gasteiger partial charge in [-0.15, -0.1) is 11.3 Å². The summed E-state index contributed by atoms with van der Waals surface area (Å²) in [6.45, 7) is 3.31. The summed E-state index contributed by atoms with van der Waals surface area (Å²) >= 11 is 1.47. The van der Waals surface area contributed by atoms with Crippen molar-refractivity contribution in [2.45, 2.75) is 25.8 Å². The van der Waals surface area contributed by atoms with Gasteiger partial charge < -0.3 is 14.5 Å². The second-order valence-corrected chi connectivity index (χ2v) is 7.89. The molecule has 2 amide bonds. The van der Waals surface area contributed by atoms with Crippen LogP contribution in [0.3, 0.4) is 0 Å². The molecule has 1 atom stereocenters. The van der Waals surface area contributed by atoms with E-state index in [1.807, 2.05) is 65.5 Å². The van der Waals surface area contributed by atoms with Gasteiger partial charge in [-0.2, -0.15) is 0 Å². The van der Waals surface area contributed by atoms with E-state index in [1.54, 1.807) is 7.11 Å². The van der Waals surface area contributed by atoms with Gasteiger partial charge in [-0.3, -0.25) is 9.59 Å². The summed E-state index contributed by atoms with van der Waals surface area (Å²) in [7, 11) is 3.50. The number of benzene rings is 1. The van der Waals surface area contributed by atoms with Crippen LogP contribution in [-0.2, 0) is 4.79 Å². The van der Waals surface area contributed by atoms with E-state index in [4.69, 9.17) is 4.74 Å². The van der Waals surface area contributed by atoms with Gasteiger partial charge in [0.05, 0.1) is 18.0 Å². The molecule has 144 valence electrons. The molecule has 27 heavy (non-hydrogen) atoms.